The molecule has 0 saturated carbocycles. The Kier molecular flexibility index (Phi) is 3.25. The molecule has 1 N–H and O–H groups in total. The van der Waals surface area contributed by atoms with Gasteiger partial charge in [0.05, 0.1) is 5.57 Å². The number of allylic oxidation sites excluding steroid dienone is 7. The van der Waals surface area contributed by atoms with Gasteiger partial charge in [0.1, 0.15) is 0 Å². The maximum absolute atomic E-state index is 12.4. The van der Waals surface area contributed by atoms with Gasteiger partial charge in [0.25, 0.3) is 0 Å². The molecule has 0 aromatic carbocycles. The number of rotatable bonds is 2. The third kappa shape index (κ3) is 1.96. The van der Waals surface area contributed by atoms with Gasteiger partial charge in [-0.05, 0) is 52.3 Å². The fourth-order valence-electron chi connectivity index (χ4n) is 5.73. The van der Waals surface area contributed by atoms with Crippen LogP contribution in [0.5, 0.6) is 0 Å². The summed E-state index contributed by atoms with van der Waals surface area (Å²) in [4.78, 5) is 14.9. The zero-order chi connectivity index (χ0) is 18.8. The third-order valence-corrected chi connectivity index (χ3v) is 6.74. The summed E-state index contributed by atoms with van der Waals surface area (Å²) in [6.45, 7) is 2.12. The molecule has 2 atom stereocenters. The zero-order valence-electron chi connectivity index (χ0n) is 15.6. The maximum Gasteiger partial charge on any atom is 0.332 e. The minimum Gasteiger partial charge on any atom is -0.478 e. The normalized spacial score (nSPS) is 24.6. The summed E-state index contributed by atoms with van der Waals surface area (Å²) in [6.07, 6.45) is 12.5. The Hall–Kier alpha value is -3.07. The molecular weight excluding hydrogens is 346 g/mol. The first kappa shape index (κ1) is 15.9. The number of carboxylic acids is 1. The number of hydrogen-bond donors (Lipinski definition) is 1. The SMILES string of the molecule is O=C(O)C1=C2C=CC=CC=C2C2c3ccccc4cc(N5CCCC5)c(c3-4)C12. The summed E-state index contributed by atoms with van der Waals surface area (Å²) in [6, 6.07) is 10.9. The molecule has 5 aliphatic carbocycles. The minimum atomic E-state index is -0.793. The van der Waals surface area contributed by atoms with Crippen molar-refractivity contribution < 1.29 is 9.90 Å². The van der Waals surface area contributed by atoms with Crippen molar-refractivity contribution in [1.29, 1.82) is 0 Å². The van der Waals surface area contributed by atoms with Crippen molar-refractivity contribution in [3.63, 3.8) is 0 Å². The van der Waals surface area contributed by atoms with Crippen LogP contribution in [0.25, 0.3) is 11.1 Å². The molecule has 3 heteroatoms. The van der Waals surface area contributed by atoms with Gasteiger partial charge in [0.15, 0.2) is 0 Å². The molecule has 2 unspecified atom stereocenters. The van der Waals surface area contributed by atoms with E-state index in [-0.39, 0.29) is 11.8 Å². The van der Waals surface area contributed by atoms with Gasteiger partial charge >= 0.3 is 5.97 Å². The van der Waals surface area contributed by atoms with Crippen molar-refractivity contribution in [3.05, 3.63) is 88.6 Å². The predicted molar refractivity (Wildman–Crippen MR) is 111 cm³/mol. The van der Waals surface area contributed by atoms with Crippen molar-refractivity contribution >= 4 is 11.7 Å². The number of aliphatic carboxylic acids is 1. The van der Waals surface area contributed by atoms with Crippen LogP contribution in [-0.2, 0) is 4.79 Å². The van der Waals surface area contributed by atoms with Gasteiger partial charge in [-0.15, -0.1) is 0 Å². The van der Waals surface area contributed by atoms with Gasteiger partial charge in [-0.25, -0.2) is 4.79 Å². The Bertz CT molecular complexity index is 1110. The summed E-state index contributed by atoms with van der Waals surface area (Å²) < 4.78 is 0. The van der Waals surface area contributed by atoms with Gasteiger partial charge in [-0.1, -0.05) is 54.6 Å². The van der Waals surface area contributed by atoms with Crippen molar-refractivity contribution in [2.45, 2.75) is 24.7 Å². The Labute approximate surface area is 164 Å². The number of anilines is 1. The van der Waals surface area contributed by atoms with Crippen LogP contribution in [0.15, 0.2) is 77.4 Å². The highest BCUT2D eigenvalue weighted by Gasteiger charge is 2.50. The first-order valence-electron chi connectivity index (χ1n) is 10.1. The lowest BCUT2D eigenvalue weighted by atomic mass is 9.85. The lowest BCUT2D eigenvalue weighted by molar-refractivity contribution is -0.132. The minimum absolute atomic E-state index is 0.0935. The molecule has 6 rings (SSSR count). The fourth-order valence-corrected chi connectivity index (χ4v) is 5.73. The van der Waals surface area contributed by atoms with E-state index in [0.717, 1.165) is 24.2 Å². The molecule has 28 heavy (non-hydrogen) atoms. The van der Waals surface area contributed by atoms with E-state index in [2.05, 4.69) is 41.3 Å². The van der Waals surface area contributed by atoms with Gasteiger partial charge in [-0.2, -0.15) is 0 Å². The Balaban J connectivity index is 1.67. The van der Waals surface area contributed by atoms with E-state index in [0.29, 0.717) is 5.57 Å². The van der Waals surface area contributed by atoms with Crippen molar-refractivity contribution in [2.75, 3.05) is 18.0 Å². The molecular formula is C25H21NO2. The van der Waals surface area contributed by atoms with Gasteiger partial charge in [0.2, 0.25) is 0 Å². The van der Waals surface area contributed by atoms with Crippen molar-refractivity contribution in [1.82, 2.24) is 0 Å². The fraction of sp³-hybridized carbons (Fsp3) is 0.240. The van der Waals surface area contributed by atoms with E-state index in [4.69, 9.17) is 0 Å². The Morgan fingerprint density at radius 1 is 1.04 bits per heavy atom. The number of carboxylic acid groups (broad SMARTS) is 1. The van der Waals surface area contributed by atoms with E-state index in [1.165, 1.54) is 40.8 Å². The van der Waals surface area contributed by atoms with Crippen LogP contribution in [-0.4, -0.2) is 24.2 Å². The molecule has 0 spiro atoms. The molecule has 0 radical (unpaired) electrons. The molecule has 1 aliphatic heterocycles. The molecule has 138 valence electrons. The highest BCUT2D eigenvalue weighted by molar-refractivity contribution is 6.00. The topological polar surface area (TPSA) is 40.5 Å². The molecule has 1 fully saturated rings. The van der Waals surface area contributed by atoms with Crippen LogP contribution >= 0.6 is 0 Å². The zero-order valence-corrected chi connectivity index (χ0v) is 15.6. The standard InChI is InChI=1S/C25H21NO2/c27-25(28)22-17-10-3-1-2-9-16(17)21-18-11-5-4-8-15-14-19(26-12-6-7-13-26)23(20(15)18)24(21)22/h1-5,8-11,14,21,24H,6-7,12-13H2,(H,27,28). The van der Waals surface area contributed by atoms with Crippen LogP contribution < -0.4 is 4.90 Å². The predicted octanol–water partition coefficient (Wildman–Crippen LogP) is 5.02. The van der Waals surface area contributed by atoms with E-state index in [1.54, 1.807) is 0 Å². The summed E-state index contributed by atoms with van der Waals surface area (Å²) in [7, 11) is 0. The van der Waals surface area contributed by atoms with Crippen LogP contribution in [0.2, 0.25) is 0 Å². The molecule has 0 aromatic rings. The van der Waals surface area contributed by atoms with Crippen LogP contribution in [0.1, 0.15) is 35.8 Å². The average Bonchev–Trinajstić information content (AvgIpc) is 3.37. The number of fused-ring (bicyclic) bond motifs is 5. The second-order valence-electron chi connectivity index (χ2n) is 8.10. The molecule has 0 aromatic heterocycles. The lowest BCUT2D eigenvalue weighted by Crippen LogP contribution is -2.20. The summed E-state index contributed by atoms with van der Waals surface area (Å²) in [5, 5.41) is 10.2. The van der Waals surface area contributed by atoms with E-state index >= 15 is 0 Å². The number of carbonyl (C=O) groups is 1. The van der Waals surface area contributed by atoms with Crippen molar-refractivity contribution in [2.24, 2.45) is 0 Å². The van der Waals surface area contributed by atoms with E-state index in [1.807, 2.05) is 24.3 Å². The van der Waals surface area contributed by atoms with E-state index in [9.17, 15) is 9.90 Å². The first-order chi connectivity index (χ1) is 13.8. The summed E-state index contributed by atoms with van der Waals surface area (Å²) in [5.41, 5.74) is 8.87. The first-order valence-corrected chi connectivity index (χ1v) is 10.1. The van der Waals surface area contributed by atoms with Crippen LogP contribution in [0.4, 0.5) is 5.69 Å². The van der Waals surface area contributed by atoms with E-state index < -0.39 is 5.97 Å². The molecule has 3 nitrogen and oxygen atoms in total. The largest absolute Gasteiger partial charge is 0.478 e. The summed E-state index contributed by atoms with van der Waals surface area (Å²) >= 11 is 0. The molecule has 1 saturated heterocycles. The molecule has 0 amide bonds. The second-order valence-corrected chi connectivity index (χ2v) is 8.10. The van der Waals surface area contributed by atoms with Crippen molar-refractivity contribution in [3.8, 4) is 11.1 Å². The van der Waals surface area contributed by atoms with Crippen LogP contribution in [0.3, 0.4) is 0 Å². The number of nitrogens with zero attached hydrogens (tertiary/aromatic N) is 1. The Morgan fingerprint density at radius 3 is 2.68 bits per heavy atom. The second kappa shape index (κ2) is 5.71. The third-order valence-electron chi connectivity index (χ3n) is 6.74. The lowest BCUT2D eigenvalue weighted by Gasteiger charge is -2.22. The van der Waals surface area contributed by atoms with Gasteiger partial charge in [0, 0.05) is 30.6 Å². The monoisotopic (exact) mass is 367 g/mol. The highest BCUT2D eigenvalue weighted by atomic mass is 16.4. The molecule has 0 bridgehead atoms. The Morgan fingerprint density at radius 2 is 1.86 bits per heavy atom. The highest BCUT2D eigenvalue weighted by Crippen LogP contribution is 2.64. The quantitative estimate of drug-likeness (QED) is 0.810. The van der Waals surface area contributed by atoms with Gasteiger partial charge in [-0.3, -0.25) is 0 Å². The molecule has 1 heterocycles. The van der Waals surface area contributed by atoms with Gasteiger partial charge < -0.3 is 10.0 Å². The summed E-state index contributed by atoms with van der Waals surface area (Å²) in [5.74, 6) is -0.796. The van der Waals surface area contributed by atoms with Crippen LogP contribution in [0, 0.1) is 0 Å². The average molecular weight is 367 g/mol. The maximum atomic E-state index is 12.4. The molecule has 6 aliphatic rings. The number of hydrogen-bond acceptors (Lipinski definition) is 2. The smallest absolute Gasteiger partial charge is 0.332 e.